The van der Waals surface area contributed by atoms with Crippen LogP contribution in [0, 0.1) is 0 Å². The Labute approximate surface area is 185 Å². The van der Waals surface area contributed by atoms with Crippen LogP contribution in [0.5, 0.6) is 0 Å². The highest BCUT2D eigenvalue weighted by molar-refractivity contribution is 5.92. The Morgan fingerprint density at radius 2 is 1.84 bits per heavy atom. The van der Waals surface area contributed by atoms with Gasteiger partial charge in [0.2, 0.25) is 0 Å². The van der Waals surface area contributed by atoms with Crippen LogP contribution in [0.25, 0.3) is 0 Å². The highest BCUT2D eigenvalue weighted by Gasteiger charge is 2.48. The van der Waals surface area contributed by atoms with Crippen molar-refractivity contribution in [3.8, 4) is 0 Å². The molecule has 10 heteroatoms. The fourth-order valence-corrected chi connectivity index (χ4v) is 5.04. The molecule has 0 radical (unpaired) electrons. The van der Waals surface area contributed by atoms with Gasteiger partial charge < -0.3 is 28.4 Å². The number of carbonyl (C=O) groups is 2. The molecule has 1 saturated carbocycles. The number of rotatable bonds is 3. The van der Waals surface area contributed by atoms with Crippen LogP contribution in [0.3, 0.4) is 0 Å². The highest BCUT2D eigenvalue weighted by atomic mass is 16.5. The van der Waals surface area contributed by atoms with Crippen LogP contribution < -0.4 is 0 Å². The third-order valence-corrected chi connectivity index (χ3v) is 7.04. The fourth-order valence-electron chi connectivity index (χ4n) is 5.04. The van der Waals surface area contributed by atoms with Crippen LogP contribution >= 0.6 is 0 Å². The Hall–Kier alpha value is -2.72. The van der Waals surface area contributed by atoms with E-state index in [1.165, 1.54) is 0 Å². The van der Waals surface area contributed by atoms with E-state index in [1.807, 2.05) is 15.7 Å². The van der Waals surface area contributed by atoms with Gasteiger partial charge in [0.15, 0.2) is 11.8 Å². The molecule has 5 heterocycles. The zero-order chi connectivity index (χ0) is 21.7. The first kappa shape index (κ1) is 19.9. The molecule has 6 rings (SSSR count). The Bertz CT molecular complexity index is 1010. The maximum absolute atomic E-state index is 13.2. The van der Waals surface area contributed by atoms with Crippen LogP contribution in [0.2, 0.25) is 0 Å². The predicted octanol–water partition coefficient (Wildman–Crippen LogP) is 1.14. The Kier molecular flexibility index (Phi) is 4.80. The average Bonchev–Trinajstić information content (AvgIpc) is 3.35. The molecule has 3 fully saturated rings. The van der Waals surface area contributed by atoms with E-state index in [4.69, 9.17) is 14.0 Å². The topological polar surface area (TPSA) is 103 Å². The Balaban J connectivity index is 1.17. The predicted molar refractivity (Wildman–Crippen MR) is 110 cm³/mol. The highest BCUT2D eigenvalue weighted by Crippen LogP contribution is 2.42. The van der Waals surface area contributed by atoms with Gasteiger partial charge in [0.25, 0.3) is 11.8 Å². The first-order valence-electron chi connectivity index (χ1n) is 11.4. The van der Waals surface area contributed by atoms with Crippen LogP contribution in [-0.2, 0) is 26.4 Å². The molecule has 1 atom stereocenters. The molecule has 170 valence electrons. The molecule has 2 amide bonds. The number of ether oxygens (including phenoxy) is 2. The van der Waals surface area contributed by atoms with Gasteiger partial charge in [0, 0.05) is 63.4 Å². The van der Waals surface area contributed by atoms with E-state index in [1.54, 1.807) is 17.2 Å². The van der Waals surface area contributed by atoms with Crippen LogP contribution in [0.4, 0.5) is 0 Å². The number of hydrogen-bond donors (Lipinski definition) is 0. The lowest BCUT2D eigenvalue weighted by Gasteiger charge is -2.46. The molecule has 3 aliphatic heterocycles. The van der Waals surface area contributed by atoms with E-state index in [0.29, 0.717) is 70.4 Å². The van der Waals surface area contributed by atoms with Gasteiger partial charge in [0.1, 0.15) is 17.2 Å². The number of amides is 2. The van der Waals surface area contributed by atoms with Crippen molar-refractivity contribution in [3.63, 3.8) is 0 Å². The van der Waals surface area contributed by atoms with Gasteiger partial charge in [-0.05, 0) is 12.8 Å². The molecular weight excluding hydrogens is 414 g/mol. The van der Waals surface area contributed by atoms with E-state index in [9.17, 15) is 9.59 Å². The fraction of sp³-hybridized carbons (Fsp3) is 0.636. The molecule has 4 aliphatic rings. The molecule has 1 spiro atoms. The number of hydrogen-bond acceptors (Lipinski definition) is 7. The van der Waals surface area contributed by atoms with E-state index >= 15 is 0 Å². The van der Waals surface area contributed by atoms with E-state index in [0.717, 1.165) is 24.4 Å². The summed E-state index contributed by atoms with van der Waals surface area (Å²) >= 11 is 0. The largest absolute Gasteiger partial charge is 0.378 e. The molecular formula is C22H27N5O5. The van der Waals surface area contributed by atoms with Crippen molar-refractivity contribution in [2.24, 2.45) is 0 Å². The van der Waals surface area contributed by atoms with Crippen molar-refractivity contribution in [1.82, 2.24) is 24.5 Å². The average molecular weight is 441 g/mol. The molecule has 10 nitrogen and oxygen atoms in total. The maximum Gasteiger partial charge on any atom is 0.276 e. The minimum atomic E-state index is -0.672. The SMILES string of the molecule is O=C(c1cc(C2CC2)on1)N1CCC2(CC1)OC(C(=O)N1CCOCC1)Cn1ccnc12. The summed E-state index contributed by atoms with van der Waals surface area (Å²) in [6.07, 6.45) is 6.47. The summed E-state index contributed by atoms with van der Waals surface area (Å²) in [7, 11) is 0. The van der Waals surface area contributed by atoms with Crippen molar-refractivity contribution in [2.45, 2.75) is 49.9 Å². The van der Waals surface area contributed by atoms with Crippen molar-refractivity contribution < 1.29 is 23.6 Å². The quantitative estimate of drug-likeness (QED) is 0.704. The molecule has 2 saturated heterocycles. The standard InChI is InChI=1S/C22H27N5O5/c28-19(16-13-17(32-24-16)15-1-2-15)25-6-3-22(4-7-25)21-23-5-8-27(21)14-18(31-22)20(29)26-9-11-30-12-10-26/h5,8,13,15,18H,1-4,6-7,9-12,14H2. The number of likely N-dealkylation sites (tertiary alicyclic amines) is 1. The second-order valence-electron chi connectivity index (χ2n) is 9.12. The van der Waals surface area contributed by atoms with Gasteiger partial charge in [-0.1, -0.05) is 5.16 Å². The number of imidazole rings is 1. The molecule has 2 aromatic rings. The van der Waals surface area contributed by atoms with Crippen molar-refractivity contribution in [2.75, 3.05) is 39.4 Å². The Morgan fingerprint density at radius 1 is 1.06 bits per heavy atom. The smallest absolute Gasteiger partial charge is 0.276 e. The van der Waals surface area contributed by atoms with E-state index in [-0.39, 0.29) is 11.8 Å². The molecule has 32 heavy (non-hydrogen) atoms. The normalized spacial score (nSPS) is 25.1. The van der Waals surface area contributed by atoms with Gasteiger partial charge in [0.05, 0.1) is 19.8 Å². The summed E-state index contributed by atoms with van der Waals surface area (Å²) in [5.41, 5.74) is -0.303. The van der Waals surface area contributed by atoms with Gasteiger partial charge in [-0.2, -0.15) is 0 Å². The minimum absolute atomic E-state index is 0.000679. The molecule has 0 N–H and O–H groups in total. The number of carbonyl (C=O) groups excluding carboxylic acids is 2. The second-order valence-corrected chi connectivity index (χ2v) is 9.12. The molecule has 2 aromatic heterocycles. The minimum Gasteiger partial charge on any atom is -0.378 e. The van der Waals surface area contributed by atoms with Crippen LogP contribution in [0.1, 0.15) is 53.7 Å². The number of morpholine rings is 1. The number of aromatic nitrogens is 3. The zero-order valence-electron chi connectivity index (χ0n) is 17.9. The summed E-state index contributed by atoms with van der Waals surface area (Å²) in [6, 6.07) is 1.78. The monoisotopic (exact) mass is 441 g/mol. The van der Waals surface area contributed by atoms with Crippen LogP contribution in [0.15, 0.2) is 23.0 Å². The zero-order valence-corrected chi connectivity index (χ0v) is 17.9. The van der Waals surface area contributed by atoms with Crippen LogP contribution in [-0.4, -0.2) is 81.8 Å². The van der Waals surface area contributed by atoms with Gasteiger partial charge >= 0.3 is 0 Å². The van der Waals surface area contributed by atoms with E-state index < -0.39 is 11.7 Å². The van der Waals surface area contributed by atoms with Gasteiger partial charge in [-0.3, -0.25) is 9.59 Å². The summed E-state index contributed by atoms with van der Waals surface area (Å²) in [5, 5.41) is 4.00. The lowest BCUT2D eigenvalue weighted by molar-refractivity contribution is -0.182. The van der Waals surface area contributed by atoms with Crippen molar-refractivity contribution >= 4 is 11.8 Å². The molecule has 0 aromatic carbocycles. The second kappa shape index (κ2) is 7.70. The van der Waals surface area contributed by atoms with Gasteiger partial charge in [-0.15, -0.1) is 0 Å². The molecule has 1 aliphatic carbocycles. The number of fused-ring (bicyclic) bond motifs is 2. The summed E-state index contributed by atoms with van der Waals surface area (Å²) < 4.78 is 19.3. The number of piperidine rings is 1. The lowest BCUT2D eigenvalue weighted by Crippen LogP contribution is -2.56. The molecule has 1 unspecified atom stereocenters. The Morgan fingerprint density at radius 3 is 2.59 bits per heavy atom. The lowest BCUT2D eigenvalue weighted by atomic mass is 9.88. The summed E-state index contributed by atoms with van der Waals surface area (Å²) in [5.74, 6) is 1.96. The van der Waals surface area contributed by atoms with Crippen molar-refractivity contribution in [1.29, 1.82) is 0 Å². The van der Waals surface area contributed by atoms with Gasteiger partial charge in [-0.25, -0.2) is 4.98 Å². The third kappa shape index (κ3) is 3.41. The maximum atomic E-state index is 13.2. The van der Waals surface area contributed by atoms with Crippen molar-refractivity contribution in [3.05, 3.63) is 35.7 Å². The molecule has 0 bridgehead atoms. The number of nitrogens with zero attached hydrogens (tertiary/aromatic N) is 5. The summed E-state index contributed by atoms with van der Waals surface area (Å²) in [4.78, 5) is 34.3. The summed E-state index contributed by atoms with van der Waals surface area (Å²) in [6.45, 7) is 3.77. The first-order chi connectivity index (χ1) is 15.6. The third-order valence-electron chi connectivity index (χ3n) is 7.04. The first-order valence-corrected chi connectivity index (χ1v) is 11.4. The van der Waals surface area contributed by atoms with E-state index in [2.05, 4.69) is 10.1 Å².